The van der Waals surface area contributed by atoms with Crippen molar-refractivity contribution in [3.63, 3.8) is 0 Å². The standard InChI is InChI=1S/C51H69NO5/c1-47(2)42-23-24-49(4)43(48(42,3)28-37(45(47)56)32-16-11-18-34(53)26-32)22-21-39-44(41(55)29-50(39,49)5)36(30-13-8-7-9-14-30)27-40(54)46-51(6,57-46)38-20-12-19-35(38)31-15-10-17-33(52)25-31/h10-11,15-18,25-26,30,35-38,40,42-43,46,53-54H,7-9,12-14,19-24,27-29,52H2,1-6H3. The van der Waals surface area contributed by atoms with Crippen LogP contribution in [0.2, 0.25) is 0 Å². The van der Waals surface area contributed by atoms with Gasteiger partial charge in [-0.05, 0) is 158 Å². The number of aromatic hydroxyl groups is 1. The normalized spacial score (nSPS) is 41.3. The van der Waals surface area contributed by atoms with Crippen molar-refractivity contribution in [3.8, 4) is 5.75 Å². The number of aliphatic hydroxyl groups is 1. The van der Waals surface area contributed by atoms with Gasteiger partial charge in [-0.25, -0.2) is 0 Å². The van der Waals surface area contributed by atoms with Crippen LogP contribution in [0.4, 0.5) is 5.69 Å². The van der Waals surface area contributed by atoms with Gasteiger partial charge in [-0.1, -0.05) is 90.1 Å². The number of hydrogen-bond acceptors (Lipinski definition) is 6. The molecule has 0 spiro atoms. The number of phenolic OH excluding ortho intramolecular Hbond substituents is 1. The molecule has 57 heavy (non-hydrogen) atoms. The van der Waals surface area contributed by atoms with Crippen molar-refractivity contribution in [1.82, 2.24) is 0 Å². The Morgan fingerprint density at radius 1 is 0.842 bits per heavy atom. The van der Waals surface area contributed by atoms with Crippen molar-refractivity contribution in [2.75, 3.05) is 5.73 Å². The van der Waals surface area contributed by atoms with Gasteiger partial charge in [0.25, 0.3) is 0 Å². The minimum Gasteiger partial charge on any atom is -0.508 e. The third kappa shape index (κ3) is 5.98. The van der Waals surface area contributed by atoms with Gasteiger partial charge in [-0.3, -0.25) is 9.59 Å². The summed E-state index contributed by atoms with van der Waals surface area (Å²) in [6.45, 7) is 14.0. The van der Waals surface area contributed by atoms with Gasteiger partial charge in [0.1, 0.15) is 17.6 Å². The van der Waals surface area contributed by atoms with Crippen LogP contribution in [-0.2, 0) is 14.3 Å². The third-order valence-corrected chi connectivity index (χ3v) is 18.7. The molecular weight excluding hydrogens is 707 g/mol. The monoisotopic (exact) mass is 776 g/mol. The van der Waals surface area contributed by atoms with E-state index in [9.17, 15) is 19.8 Å². The van der Waals surface area contributed by atoms with Crippen molar-refractivity contribution in [1.29, 1.82) is 0 Å². The molecule has 12 atom stereocenters. The fourth-order valence-corrected chi connectivity index (χ4v) is 15.8. The molecule has 6 nitrogen and oxygen atoms in total. The molecule has 6 fully saturated rings. The minimum atomic E-state index is -0.616. The first kappa shape index (κ1) is 39.5. The zero-order chi connectivity index (χ0) is 40.3. The fraction of sp³-hybridized carbons (Fsp3) is 0.686. The molecule has 0 radical (unpaired) electrons. The van der Waals surface area contributed by atoms with Gasteiger partial charge in [-0.15, -0.1) is 0 Å². The number of benzene rings is 2. The Balaban J connectivity index is 1.02. The number of rotatable bonds is 8. The second kappa shape index (κ2) is 13.8. The van der Waals surface area contributed by atoms with Crippen LogP contribution in [0.1, 0.15) is 161 Å². The number of ether oxygens (including phenoxy) is 1. The SMILES string of the molecule is CC1(C)C(=O)C(c2cccc(O)c2)CC2(C)C1CCC1(C)C2CCC2=C(C(CC(O)C3OC3(C)C3CCCC3c3cccc(N)c3)C3CCCCC3)C(=O)CC21C. The molecule has 2 aromatic rings. The van der Waals surface area contributed by atoms with E-state index in [2.05, 4.69) is 59.7 Å². The Morgan fingerprint density at radius 3 is 2.32 bits per heavy atom. The number of carbonyl (C=O) groups is 2. The van der Waals surface area contributed by atoms with Gasteiger partial charge in [-0.2, -0.15) is 0 Å². The number of phenols is 1. The number of carbonyl (C=O) groups excluding carboxylic acids is 2. The maximum Gasteiger partial charge on any atom is 0.160 e. The lowest BCUT2D eigenvalue weighted by Gasteiger charge is -2.68. The highest BCUT2D eigenvalue weighted by atomic mass is 16.6. The number of nitrogens with two attached hydrogens (primary N) is 1. The van der Waals surface area contributed by atoms with Crippen LogP contribution in [0.25, 0.3) is 0 Å². The van der Waals surface area contributed by atoms with Gasteiger partial charge in [0.15, 0.2) is 5.78 Å². The Kier molecular flexibility index (Phi) is 9.56. The first-order valence-electron chi connectivity index (χ1n) is 22.8. The van der Waals surface area contributed by atoms with E-state index >= 15 is 0 Å². The Hall–Kier alpha value is -2.96. The van der Waals surface area contributed by atoms with E-state index in [4.69, 9.17) is 10.5 Å². The quantitative estimate of drug-likeness (QED) is 0.182. The van der Waals surface area contributed by atoms with Crippen LogP contribution < -0.4 is 5.73 Å². The summed E-state index contributed by atoms with van der Waals surface area (Å²) in [5, 5.41) is 22.7. The first-order chi connectivity index (χ1) is 27.0. The van der Waals surface area contributed by atoms with E-state index in [1.54, 1.807) is 12.1 Å². The number of hydrogen-bond donors (Lipinski definition) is 3. The summed E-state index contributed by atoms with van der Waals surface area (Å²) >= 11 is 0. The van der Waals surface area contributed by atoms with Crippen LogP contribution in [0, 0.1) is 51.2 Å². The lowest BCUT2D eigenvalue weighted by atomic mass is 9.35. The largest absolute Gasteiger partial charge is 0.508 e. The topological polar surface area (TPSA) is 113 Å². The molecule has 4 N–H and O–H groups in total. The maximum atomic E-state index is 14.9. The first-order valence-corrected chi connectivity index (χ1v) is 22.8. The predicted octanol–water partition coefficient (Wildman–Crippen LogP) is 10.9. The van der Waals surface area contributed by atoms with Crippen molar-refractivity contribution in [2.24, 2.45) is 51.2 Å². The maximum absolute atomic E-state index is 14.9. The second-order valence-corrected chi connectivity index (χ2v) is 21.7. The van der Waals surface area contributed by atoms with Crippen LogP contribution >= 0.6 is 0 Å². The molecule has 6 aliphatic carbocycles. The Morgan fingerprint density at radius 2 is 1.58 bits per heavy atom. The van der Waals surface area contributed by atoms with Gasteiger partial charge >= 0.3 is 0 Å². The second-order valence-electron chi connectivity index (χ2n) is 21.7. The number of nitrogen functional groups attached to an aromatic ring is 1. The zero-order valence-corrected chi connectivity index (χ0v) is 35.6. The summed E-state index contributed by atoms with van der Waals surface area (Å²) in [6.07, 6.45) is 14.3. The summed E-state index contributed by atoms with van der Waals surface area (Å²) in [4.78, 5) is 29.2. The highest BCUT2D eigenvalue weighted by Crippen LogP contribution is 2.75. The molecule has 7 aliphatic rings. The average Bonchev–Trinajstić information content (AvgIpc) is 3.48. The number of aliphatic hydroxyl groups excluding tert-OH is 1. The highest BCUT2D eigenvalue weighted by molar-refractivity contribution is 6.01. The van der Waals surface area contributed by atoms with Crippen molar-refractivity contribution < 1.29 is 24.5 Å². The summed E-state index contributed by atoms with van der Waals surface area (Å²) in [5.41, 5.74) is 10.5. The molecule has 0 aromatic heterocycles. The summed E-state index contributed by atoms with van der Waals surface area (Å²) in [5.74, 6) is 2.42. The Bertz CT molecular complexity index is 1960. The lowest BCUT2D eigenvalue weighted by Crippen LogP contribution is -2.63. The zero-order valence-electron chi connectivity index (χ0n) is 35.6. The summed E-state index contributed by atoms with van der Waals surface area (Å²) < 4.78 is 6.64. The van der Waals surface area contributed by atoms with Crippen LogP contribution in [0.5, 0.6) is 5.75 Å². The number of allylic oxidation sites excluding steroid dienone is 2. The fourth-order valence-electron chi connectivity index (χ4n) is 15.8. The summed E-state index contributed by atoms with van der Waals surface area (Å²) in [6, 6.07) is 15.7. The van der Waals surface area contributed by atoms with E-state index in [-0.39, 0.29) is 51.5 Å². The molecule has 5 saturated carbocycles. The molecule has 9 rings (SSSR count). The van der Waals surface area contributed by atoms with Crippen molar-refractivity contribution >= 4 is 17.3 Å². The molecule has 6 heteroatoms. The molecule has 0 amide bonds. The van der Waals surface area contributed by atoms with E-state index in [1.165, 1.54) is 30.4 Å². The van der Waals surface area contributed by atoms with Crippen LogP contribution in [0.15, 0.2) is 59.7 Å². The van der Waals surface area contributed by atoms with Gasteiger partial charge in [0, 0.05) is 28.9 Å². The number of anilines is 1. The van der Waals surface area contributed by atoms with E-state index in [0.717, 1.165) is 81.0 Å². The Labute approximate surface area is 341 Å². The summed E-state index contributed by atoms with van der Waals surface area (Å²) in [7, 11) is 0. The van der Waals surface area contributed by atoms with Crippen molar-refractivity contribution in [3.05, 3.63) is 70.8 Å². The predicted molar refractivity (Wildman–Crippen MR) is 226 cm³/mol. The smallest absolute Gasteiger partial charge is 0.160 e. The van der Waals surface area contributed by atoms with Gasteiger partial charge in [0.2, 0.25) is 0 Å². The van der Waals surface area contributed by atoms with Crippen LogP contribution in [0.3, 0.4) is 0 Å². The van der Waals surface area contributed by atoms with Gasteiger partial charge < -0.3 is 20.7 Å². The highest BCUT2D eigenvalue weighted by Gasteiger charge is 2.69. The average molecular weight is 776 g/mol. The minimum absolute atomic E-state index is 0.0554. The van der Waals surface area contributed by atoms with Crippen molar-refractivity contribution in [2.45, 2.75) is 167 Å². The molecule has 2 aromatic carbocycles. The molecule has 12 unspecified atom stereocenters. The van der Waals surface area contributed by atoms with E-state index in [1.807, 2.05) is 18.2 Å². The van der Waals surface area contributed by atoms with Crippen LogP contribution in [-0.4, -0.2) is 39.6 Å². The molecular formula is C51H69NO5. The number of ketones is 2. The van der Waals surface area contributed by atoms with Gasteiger partial charge in [0.05, 0.1) is 11.7 Å². The molecule has 1 aliphatic heterocycles. The molecule has 1 heterocycles. The lowest BCUT2D eigenvalue weighted by molar-refractivity contribution is -0.183. The van der Waals surface area contributed by atoms with E-state index in [0.29, 0.717) is 48.1 Å². The van der Waals surface area contributed by atoms with E-state index < -0.39 is 11.5 Å². The molecule has 0 bridgehead atoms. The number of Topliss-reactive ketones (excluding diaryl/α,β-unsaturated/α-hetero) is 2. The molecule has 1 saturated heterocycles. The number of epoxide rings is 1. The number of fused-ring (bicyclic) bond motifs is 5. The molecule has 308 valence electrons. The third-order valence-electron chi connectivity index (χ3n) is 18.7.